The number of hydrogen-bond acceptors (Lipinski definition) is 6. The van der Waals surface area contributed by atoms with Gasteiger partial charge in [-0.1, -0.05) is 41.7 Å². The summed E-state index contributed by atoms with van der Waals surface area (Å²) in [5.74, 6) is 0. The zero-order chi connectivity index (χ0) is 14.9. The molecule has 7 nitrogen and oxygen atoms in total. The Morgan fingerprint density at radius 1 is 1.14 bits per heavy atom. The molecule has 110 valence electrons. The standard InChI is InChI=1S/C14H12N6OS/c21-13-11-12(17-19-16-11)15-14-20(13)18-10(22-14)8-4-7-9-5-2-1-3-6-9/h1-3,5-6H,4,7-8H2,(H,16,17,19). The lowest BCUT2D eigenvalue weighted by Gasteiger charge is -1.98. The molecule has 0 saturated carbocycles. The van der Waals surface area contributed by atoms with Gasteiger partial charge in [-0.2, -0.15) is 19.8 Å². The fourth-order valence-electron chi connectivity index (χ4n) is 2.35. The minimum atomic E-state index is -0.278. The van der Waals surface area contributed by atoms with E-state index in [0.29, 0.717) is 10.6 Å². The second-order valence-electron chi connectivity index (χ2n) is 4.94. The van der Waals surface area contributed by atoms with Gasteiger partial charge in [0, 0.05) is 6.42 Å². The van der Waals surface area contributed by atoms with Gasteiger partial charge in [-0.15, -0.1) is 10.2 Å². The first kappa shape index (κ1) is 13.1. The Labute approximate surface area is 128 Å². The molecule has 3 aromatic heterocycles. The molecule has 0 aliphatic carbocycles. The van der Waals surface area contributed by atoms with Crippen LogP contribution < -0.4 is 5.56 Å². The van der Waals surface area contributed by atoms with Crippen LogP contribution in [0.3, 0.4) is 0 Å². The molecule has 0 fully saturated rings. The molecule has 4 rings (SSSR count). The number of H-pyrrole nitrogens is 1. The number of rotatable bonds is 4. The van der Waals surface area contributed by atoms with Gasteiger partial charge in [0.2, 0.25) is 10.6 Å². The molecule has 0 radical (unpaired) electrons. The topological polar surface area (TPSA) is 88.8 Å². The Bertz CT molecular complexity index is 987. The minimum Gasteiger partial charge on any atom is -0.265 e. The molecule has 22 heavy (non-hydrogen) atoms. The predicted molar refractivity (Wildman–Crippen MR) is 83.0 cm³/mol. The Morgan fingerprint density at radius 3 is 2.86 bits per heavy atom. The van der Waals surface area contributed by atoms with Crippen molar-refractivity contribution in [1.29, 1.82) is 0 Å². The number of fused-ring (bicyclic) bond motifs is 2. The molecule has 4 aromatic rings. The van der Waals surface area contributed by atoms with Crippen LogP contribution in [0.4, 0.5) is 0 Å². The summed E-state index contributed by atoms with van der Waals surface area (Å²) < 4.78 is 1.31. The molecule has 0 aliphatic heterocycles. The van der Waals surface area contributed by atoms with Gasteiger partial charge in [-0.3, -0.25) is 4.79 Å². The van der Waals surface area contributed by atoms with Crippen molar-refractivity contribution in [3.8, 4) is 0 Å². The van der Waals surface area contributed by atoms with E-state index in [2.05, 4.69) is 37.6 Å². The van der Waals surface area contributed by atoms with Gasteiger partial charge in [-0.05, 0) is 18.4 Å². The van der Waals surface area contributed by atoms with E-state index in [1.54, 1.807) is 0 Å². The highest BCUT2D eigenvalue weighted by atomic mass is 32.1. The van der Waals surface area contributed by atoms with Crippen LogP contribution in [-0.2, 0) is 12.8 Å². The molecule has 0 atom stereocenters. The highest BCUT2D eigenvalue weighted by Crippen LogP contribution is 2.15. The van der Waals surface area contributed by atoms with E-state index < -0.39 is 0 Å². The van der Waals surface area contributed by atoms with E-state index in [1.807, 2.05) is 18.2 Å². The van der Waals surface area contributed by atoms with Crippen LogP contribution in [0.5, 0.6) is 0 Å². The van der Waals surface area contributed by atoms with Crippen molar-refractivity contribution < 1.29 is 0 Å². The molecule has 0 aliphatic rings. The molecule has 0 saturated heterocycles. The highest BCUT2D eigenvalue weighted by molar-refractivity contribution is 7.16. The summed E-state index contributed by atoms with van der Waals surface area (Å²) in [6.07, 6.45) is 2.79. The first-order valence-corrected chi connectivity index (χ1v) is 7.76. The Morgan fingerprint density at radius 2 is 2.00 bits per heavy atom. The second-order valence-corrected chi connectivity index (χ2v) is 5.98. The molecule has 8 heteroatoms. The number of nitrogens with one attached hydrogen (secondary N) is 1. The van der Waals surface area contributed by atoms with Crippen LogP contribution >= 0.6 is 11.3 Å². The van der Waals surface area contributed by atoms with Gasteiger partial charge < -0.3 is 0 Å². The van der Waals surface area contributed by atoms with Crippen molar-refractivity contribution in [2.45, 2.75) is 19.3 Å². The third-order valence-corrected chi connectivity index (χ3v) is 4.39. The zero-order valence-electron chi connectivity index (χ0n) is 11.6. The quantitative estimate of drug-likeness (QED) is 0.618. The highest BCUT2D eigenvalue weighted by Gasteiger charge is 2.13. The third kappa shape index (κ3) is 2.27. The number of aromatic nitrogens is 6. The van der Waals surface area contributed by atoms with E-state index in [0.717, 1.165) is 24.3 Å². The smallest absolute Gasteiger partial charge is 0.265 e. The van der Waals surface area contributed by atoms with E-state index in [-0.39, 0.29) is 11.1 Å². The first-order valence-electron chi connectivity index (χ1n) is 6.94. The summed E-state index contributed by atoms with van der Waals surface area (Å²) in [5.41, 5.74) is 1.59. The van der Waals surface area contributed by atoms with Crippen molar-refractivity contribution in [2.75, 3.05) is 0 Å². The zero-order valence-corrected chi connectivity index (χ0v) is 12.4. The lowest BCUT2D eigenvalue weighted by atomic mass is 10.1. The Hall–Kier alpha value is -2.61. The summed E-state index contributed by atoms with van der Waals surface area (Å²) in [6, 6.07) is 10.3. The van der Waals surface area contributed by atoms with Crippen molar-refractivity contribution in [1.82, 2.24) is 30.0 Å². The summed E-state index contributed by atoms with van der Waals surface area (Å²) in [4.78, 5) is 17.1. The van der Waals surface area contributed by atoms with Crippen LogP contribution in [0.15, 0.2) is 35.1 Å². The van der Waals surface area contributed by atoms with Crippen LogP contribution in [0.1, 0.15) is 17.0 Å². The van der Waals surface area contributed by atoms with Gasteiger partial charge in [0.15, 0.2) is 5.52 Å². The summed E-state index contributed by atoms with van der Waals surface area (Å²) in [7, 11) is 0. The SMILES string of the molecule is O=c1c2n[nH]nc2nc2sc(CCCc3ccccc3)nn12. The molecule has 1 aromatic carbocycles. The summed E-state index contributed by atoms with van der Waals surface area (Å²) in [6.45, 7) is 0. The molecule has 1 N–H and O–H groups in total. The van der Waals surface area contributed by atoms with Crippen LogP contribution in [0.2, 0.25) is 0 Å². The van der Waals surface area contributed by atoms with Gasteiger partial charge in [-0.25, -0.2) is 0 Å². The van der Waals surface area contributed by atoms with Gasteiger partial charge in [0.05, 0.1) is 0 Å². The number of hydrogen-bond donors (Lipinski definition) is 1. The van der Waals surface area contributed by atoms with E-state index in [4.69, 9.17) is 0 Å². The van der Waals surface area contributed by atoms with Crippen LogP contribution in [-0.4, -0.2) is 30.0 Å². The average molecular weight is 312 g/mol. The number of nitrogens with zero attached hydrogens (tertiary/aromatic N) is 5. The molecular formula is C14H12N6OS. The second kappa shape index (κ2) is 5.30. The lowest BCUT2D eigenvalue weighted by Crippen LogP contribution is -2.15. The van der Waals surface area contributed by atoms with Crippen molar-refractivity contribution >= 4 is 27.5 Å². The maximum absolute atomic E-state index is 12.2. The van der Waals surface area contributed by atoms with E-state index in [1.165, 1.54) is 21.4 Å². The summed E-state index contributed by atoms with van der Waals surface area (Å²) >= 11 is 1.42. The minimum absolute atomic E-state index is 0.221. The largest absolute Gasteiger partial charge is 0.305 e. The van der Waals surface area contributed by atoms with E-state index >= 15 is 0 Å². The maximum atomic E-state index is 12.2. The fourth-order valence-corrected chi connectivity index (χ4v) is 3.27. The summed E-state index contributed by atoms with van der Waals surface area (Å²) in [5, 5.41) is 15.3. The lowest BCUT2D eigenvalue weighted by molar-refractivity contribution is 0.781. The number of aryl methyl sites for hydroxylation is 2. The molecule has 0 amide bonds. The van der Waals surface area contributed by atoms with Crippen molar-refractivity contribution in [2.24, 2.45) is 0 Å². The van der Waals surface area contributed by atoms with Crippen LogP contribution in [0.25, 0.3) is 16.1 Å². The molecule has 0 unspecified atom stereocenters. The number of benzene rings is 1. The first-order chi connectivity index (χ1) is 10.8. The Balaban J connectivity index is 1.58. The average Bonchev–Trinajstić information content (AvgIpc) is 3.15. The van der Waals surface area contributed by atoms with Crippen molar-refractivity contribution in [3.63, 3.8) is 0 Å². The fraction of sp³-hybridized carbons (Fsp3) is 0.214. The molecule has 3 heterocycles. The van der Waals surface area contributed by atoms with Gasteiger partial charge >= 0.3 is 5.56 Å². The maximum Gasteiger partial charge on any atom is 0.305 e. The normalized spacial score (nSPS) is 11.5. The molecule has 0 spiro atoms. The van der Waals surface area contributed by atoms with E-state index in [9.17, 15) is 4.79 Å². The predicted octanol–water partition coefficient (Wildman–Crippen LogP) is 1.60. The van der Waals surface area contributed by atoms with Gasteiger partial charge in [0.25, 0.3) is 0 Å². The molecule has 0 bridgehead atoms. The monoisotopic (exact) mass is 312 g/mol. The number of aromatic amines is 1. The van der Waals surface area contributed by atoms with Gasteiger partial charge in [0.1, 0.15) is 5.01 Å². The van der Waals surface area contributed by atoms with Crippen LogP contribution in [0, 0.1) is 0 Å². The third-order valence-electron chi connectivity index (χ3n) is 3.43. The van der Waals surface area contributed by atoms with Crippen molar-refractivity contribution in [3.05, 3.63) is 51.3 Å². The Kier molecular flexibility index (Phi) is 3.15. The molecular weight excluding hydrogens is 300 g/mol.